The normalized spacial score (nSPS) is 19.5. The average Bonchev–Trinajstić information content (AvgIpc) is 3.58. The molecule has 0 radical (unpaired) electrons. The highest BCUT2D eigenvalue weighted by atomic mass is 19.1. The van der Waals surface area contributed by atoms with E-state index in [4.69, 9.17) is 9.47 Å². The highest BCUT2D eigenvalue weighted by Crippen LogP contribution is 2.58. The fraction of sp³-hybridized carbons (Fsp3) is 0.441. The van der Waals surface area contributed by atoms with Crippen molar-refractivity contribution < 1.29 is 32.5 Å². The molecule has 218 valence electrons. The highest BCUT2D eigenvalue weighted by molar-refractivity contribution is 5.71. The molecular formula is C34H37F3O4. The molecule has 0 aromatic heterocycles. The maximum absolute atomic E-state index is 15.7. The predicted octanol–water partition coefficient (Wildman–Crippen LogP) is 9.01. The average molecular weight is 567 g/mol. The third-order valence-corrected chi connectivity index (χ3v) is 9.33. The Morgan fingerprint density at radius 2 is 1.76 bits per heavy atom. The molecule has 3 aromatic carbocycles. The summed E-state index contributed by atoms with van der Waals surface area (Å²) >= 11 is 0. The van der Waals surface area contributed by atoms with Gasteiger partial charge in [0.1, 0.15) is 24.0 Å². The second-order valence-corrected chi connectivity index (χ2v) is 12.6. The van der Waals surface area contributed by atoms with E-state index in [-0.39, 0.29) is 46.7 Å². The van der Waals surface area contributed by atoms with Crippen LogP contribution in [0.15, 0.2) is 48.5 Å². The van der Waals surface area contributed by atoms with Gasteiger partial charge in [0.05, 0.1) is 13.5 Å². The van der Waals surface area contributed by atoms with Crippen molar-refractivity contribution in [3.63, 3.8) is 0 Å². The summed E-state index contributed by atoms with van der Waals surface area (Å²) < 4.78 is 57.6. The number of aliphatic carboxylic acids is 1. The van der Waals surface area contributed by atoms with Crippen molar-refractivity contribution in [2.24, 2.45) is 10.8 Å². The van der Waals surface area contributed by atoms with Crippen molar-refractivity contribution in [2.45, 2.75) is 77.7 Å². The van der Waals surface area contributed by atoms with Gasteiger partial charge in [0, 0.05) is 17.0 Å². The molecule has 0 aliphatic heterocycles. The van der Waals surface area contributed by atoms with Gasteiger partial charge in [0.25, 0.3) is 0 Å². The fourth-order valence-corrected chi connectivity index (χ4v) is 6.53. The Kier molecular flexibility index (Phi) is 7.84. The first-order valence-electron chi connectivity index (χ1n) is 14.2. The molecule has 3 aromatic rings. The van der Waals surface area contributed by atoms with Crippen LogP contribution in [0.1, 0.15) is 87.8 Å². The SMILES string of the molecule is COc1ccc(F)c(-c2cc(F)c(COc3cccc([C@@H](CC(=O)O)C4(C)CC4)c3F)cc2[C@@H]2CCCC2(C)C)c1. The van der Waals surface area contributed by atoms with E-state index >= 15 is 13.2 Å². The zero-order valence-corrected chi connectivity index (χ0v) is 24.0. The maximum Gasteiger partial charge on any atom is 0.303 e. The standard InChI is InChI=1S/C34H37F3O4/c1-33(2)12-6-8-26(33)24-15-20(29(36)17-23(24)25-16-21(40-4)10-11-28(25)35)19-41-30-9-5-7-22(32(30)37)27(18-31(38)39)34(3)13-14-34/h5,7,9-11,15-17,26-27H,6,8,12-14,18-19H2,1-4H3,(H,38,39)/t26-,27+/m0/s1. The number of halogens is 3. The lowest BCUT2D eigenvalue weighted by Crippen LogP contribution is -2.18. The lowest BCUT2D eigenvalue weighted by molar-refractivity contribution is -0.137. The minimum atomic E-state index is -0.981. The number of ether oxygens (including phenoxy) is 2. The van der Waals surface area contributed by atoms with Crippen LogP contribution < -0.4 is 9.47 Å². The third-order valence-electron chi connectivity index (χ3n) is 9.33. The number of benzene rings is 3. The Hall–Kier alpha value is -3.48. The zero-order valence-electron chi connectivity index (χ0n) is 24.0. The van der Waals surface area contributed by atoms with Crippen molar-refractivity contribution >= 4 is 5.97 Å². The van der Waals surface area contributed by atoms with E-state index in [0.29, 0.717) is 16.9 Å². The molecule has 5 rings (SSSR count). The summed E-state index contributed by atoms with van der Waals surface area (Å²) in [6.45, 7) is 6.09. The third kappa shape index (κ3) is 5.81. The Morgan fingerprint density at radius 1 is 1.00 bits per heavy atom. The minimum Gasteiger partial charge on any atom is -0.497 e. The van der Waals surface area contributed by atoms with Gasteiger partial charge in [0.15, 0.2) is 11.6 Å². The molecule has 0 bridgehead atoms. The van der Waals surface area contributed by atoms with Gasteiger partial charge in [0.2, 0.25) is 0 Å². The Morgan fingerprint density at radius 3 is 2.39 bits per heavy atom. The van der Waals surface area contributed by atoms with Gasteiger partial charge >= 0.3 is 5.97 Å². The van der Waals surface area contributed by atoms with Gasteiger partial charge in [-0.1, -0.05) is 39.3 Å². The summed E-state index contributed by atoms with van der Waals surface area (Å²) in [5, 5.41) is 9.46. The second-order valence-electron chi connectivity index (χ2n) is 12.6. The largest absolute Gasteiger partial charge is 0.497 e. The van der Waals surface area contributed by atoms with Crippen molar-refractivity contribution in [3.8, 4) is 22.6 Å². The Labute approximate surface area is 239 Å². The molecule has 2 atom stereocenters. The fourth-order valence-electron chi connectivity index (χ4n) is 6.53. The second kappa shape index (κ2) is 11.1. The number of carboxylic acids is 1. The molecule has 0 amide bonds. The van der Waals surface area contributed by atoms with Crippen LogP contribution in [-0.4, -0.2) is 18.2 Å². The molecule has 2 aliphatic rings. The molecule has 0 spiro atoms. The van der Waals surface area contributed by atoms with Crippen LogP contribution in [0.3, 0.4) is 0 Å². The Balaban J connectivity index is 1.50. The monoisotopic (exact) mass is 566 g/mol. The summed E-state index contributed by atoms with van der Waals surface area (Å²) in [4.78, 5) is 11.5. The highest BCUT2D eigenvalue weighted by Gasteiger charge is 2.47. The van der Waals surface area contributed by atoms with E-state index in [1.807, 2.05) is 6.92 Å². The molecule has 0 saturated heterocycles. The van der Waals surface area contributed by atoms with Gasteiger partial charge < -0.3 is 14.6 Å². The van der Waals surface area contributed by atoms with Gasteiger partial charge in [-0.25, -0.2) is 13.2 Å². The van der Waals surface area contributed by atoms with Crippen LogP contribution in [0.2, 0.25) is 0 Å². The van der Waals surface area contributed by atoms with Crippen molar-refractivity contribution in [2.75, 3.05) is 7.11 Å². The van der Waals surface area contributed by atoms with Gasteiger partial charge in [-0.15, -0.1) is 0 Å². The molecule has 2 fully saturated rings. The van der Waals surface area contributed by atoms with Crippen LogP contribution in [0.5, 0.6) is 11.5 Å². The molecular weight excluding hydrogens is 529 g/mol. The molecule has 1 N–H and O–H groups in total. The van der Waals surface area contributed by atoms with Crippen molar-refractivity contribution in [1.29, 1.82) is 0 Å². The molecule has 0 heterocycles. The molecule has 41 heavy (non-hydrogen) atoms. The number of rotatable bonds is 10. The maximum atomic E-state index is 15.7. The summed E-state index contributed by atoms with van der Waals surface area (Å²) in [6, 6.07) is 12.3. The van der Waals surface area contributed by atoms with Gasteiger partial charge in [-0.2, -0.15) is 0 Å². The van der Waals surface area contributed by atoms with E-state index in [1.165, 1.54) is 31.4 Å². The predicted molar refractivity (Wildman–Crippen MR) is 152 cm³/mol. The number of hydrogen-bond acceptors (Lipinski definition) is 3. The first-order valence-corrected chi connectivity index (χ1v) is 14.2. The van der Waals surface area contributed by atoms with Crippen LogP contribution in [-0.2, 0) is 11.4 Å². The summed E-state index contributed by atoms with van der Waals surface area (Å²) in [5.41, 5.74) is 1.79. The van der Waals surface area contributed by atoms with Crippen LogP contribution in [0.25, 0.3) is 11.1 Å². The van der Waals surface area contributed by atoms with Crippen molar-refractivity contribution in [3.05, 3.63) is 82.7 Å². The number of carboxylic acid groups (broad SMARTS) is 1. The minimum absolute atomic E-state index is 0.0489. The Bertz CT molecular complexity index is 1460. The van der Waals surface area contributed by atoms with E-state index in [1.54, 1.807) is 24.3 Å². The molecule has 2 saturated carbocycles. The van der Waals surface area contributed by atoms with E-state index in [0.717, 1.165) is 37.7 Å². The quantitative estimate of drug-likeness (QED) is 0.266. The zero-order chi connectivity index (χ0) is 29.5. The van der Waals surface area contributed by atoms with Gasteiger partial charge in [-0.3, -0.25) is 4.79 Å². The topological polar surface area (TPSA) is 55.8 Å². The summed E-state index contributed by atoms with van der Waals surface area (Å²) in [5.74, 6) is -2.62. The van der Waals surface area contributed by atoms with Crippen LogP contribution >= 0.6 is 0 Å². The van der Waals surface area contributed by atoms with E-state index in [9.17, 15) is 9.90 Å². The van der Waals surface area contributed by atoms with E-state index in [2.05, 4.69) is 13.8 Å². The number of carbonyl (C=O) groups is 1. The van der Waals surface area contributed by atoms with Crippen LogP contribution in [0.4, 0.5) is 13.2 Å². The van der Waals surface area contributed by atoms with Crippen molar-refractivity contribution in [1.82, 2.24) is 0 Å². The lowest BCUT2D eigenvalue weighted by atomic mass is 9.75. The number of hydrogen-bond donors (Lipinski definition) is 1. The molecule has 2 aliphatic carbocycles. The lowest BCUT2D eigenvalue weighted by Gasteiger charge is -2.30. The first kappa shape index (κ1) is 29.0. The van der Waals surface area contributed by atoms with Gasteiger partial charge in [-0.05, 0) is 95.5 Å². The molecule has 0 unspecified atom stereocenters. The summed E-state index contributed by atoms with van der Waals surface area (Å²) in [7, 11) is 1.50. The van der Waals surface area contributed by atoms with E-state index < -0.39 is 29.3 Å². The number of methoxy groups -OCH3 is 1. The first-order chi connectivity index (χ1) is 19.4. The smallest absolute Gasteiger partial charge is 0.303 e. The molecule has 4 nitrogen and oxygen atoms in total. The van der Waals surface area contributed by atoms with Crippen LogP contribution in [0, 0.1) is 28.3 Å². The molecule has 7 heteroatoms. The summed E-state index contributed by atoms with van der Waals surface area (Å²) in [6.07, 6.45) is 4.39.